The lowest BCUT2D eigenvalue weighted by atomic mass is 10.4. The molecular weight excluding hydrogens is 108 g/mol. The smallest absolute Gasteiger partial charge is 0.0564 e. The Kier molecular flexibility index (Phi) is 697. The Morgan fingerprint density at radius 2 is 0.667 bits per heavy atom. The molecular formula is C9H30. The van der Waals surface area contributed by atoms with Crippen LogP contribution in [0.15, 0.2) is 0 Å². The fourth-order valence-corrected chi connectivity index (χ4v) is 0. The molecule has 0 heteroatoms. The van der Waals surface area contributed by atoms with Crippen molar-refractivity contribution in [2.24, 2.45) is 0 Å². The van der Waals surface area contributed by atoms with E-state index in [4.69, 9.17) is 0 Å². The van der Waals surface area contributed by atoms with Crippen molar-refractivity contribution in [2.45, 2.75) is 63.8 Å². The average molecular weight is 138 g/mol. The van der Waals surface area contributed by atoms with E-state index in [0.29, 0.717) is 0 Å². The third-order valence-electron chi connectivity index (χ3n) is 0.500. The zero-order valence-corrected chi connectivity index (χ0v) is 3.41. The molecule has 0 heterocycles. The van der Waals surface area contributed by atoms with E-state index in [0.717, 1.165) is 0 Å². The summed E-state index contributed by atoms with van der Waals surface area (Å²) < 4.78 is 0. The molecule has 0 saturated heterocycles. The molecule has 0 fully saturated rings. The second kappa shape index (κ2) is 98.0. The normalized spacial score (nSPS) is 3.33. The van der Waals surface area contributed by atoms with Gasteiger partial charge in [-0.2, -0.15) is 0 Å². The Bertz CT molecular complexity index is 2.00. The summed E-state index contributed by atoms with van der Waals surface area (Å²) in [6, 6.07) is 0. The van der Waals surface area contributed by atoms with Gasteiger partial charge in [0.25, 0.3) is 0 Å². The van der Waals surface area contributed by atoms with Crippen molar-refractivity contribution in [3.8, 4) is 0 Å². The molecule has 0 atom stereocenters. The lowest BCUT2D eigenvalue weighted by Gasteiger charge is -1.68. The van der Waals surface area contributed by atoms with Gasteiger partial charge in [-0.05, 0) is 0 Å². The molecule has 66 valence electrons. The van der Waals surface area contributed by atoms with Gasteiger partial charge in [0.1, 0.15) is 0 Å². The highest BCUT2D eigenvalue weighted by atomic mass is 13.6. The van der Waals surface area contributed by atoms with Gasteiger partial charge in [-0.3, -0.25) is 0 Å². The summed E-state index contributed by atoms with van der Waals surface area (Å²) >= 11 is 0. The predicted octanol–water partition coefficient (Wildman–Crippen LogP) is 4.99. The summed E-state index contributed by atoms with van der Waals surface area (Å²) in [5, 5.41) is 0. The molecule has 0 N–H and O–H groups in total. The average Bonchev–Trinajstić information content (AvgIpc) is 1.37. The molecule has 0 unspecified atom stereocenters. The molecule has 0 aliphatic carbocycles. The summed E-state index contributed by atoms with van der Waals surface area (Å²) in [6.07, 6.45) is 2.64. The summed E-state index contributed by atoms with van der Waals surface area (Å²) in [7, 11) is 0. The minimum absolute atomic E-state index is 0. The zero-order chi connectivity index (χ0) is 3.41. The van der Waals surface area contributed by atoms with Gasteiger partial charge in [0, 0.05) is 0 Å². The molecule has 0 rings (SSSR count). The fraction of sp³-hybridized carbons (Fsp3) is 1.00. The summed E-state index contributed by atoms with van der Waals surface area (Å²) in [4.78, 5) is 0. The Balaban J connectivity index is -0.00000000450. The quantitative estimate of drug-likeness (QED) is 0.479. The zero-order valence-electron chi connectivity index (χ0n) is 3.41. The molecule has 0 amide bonds. The van der Waals surface area contributed by atoms with Crippen LogP contribution in [0.5, 0.6) is 0 Å². The SMILES string of the molecule is C.C.C.C.C.CCCC. The highest BCUT2D eigenvalue weighted by molar-refractivity contribution is 4.12. The number of hydrogen-bond acceptors (Lipinski definition) is 0. The first-order valence-corrected chi connectivity index (χ1v) is 1.91. The van der Waals surface area contributed by atoms with Crippen LogP contribution < -0.4 is 0 Å². The molecule has 0 aromatic heterocycles. The van der Waals surface area contributed by atoms with E-state index in [9.17, 15) is 0 Å². The molecule has 0 aromatic rings. The Hall–Kier alpha value is 0. The maximum absolute atomic E-state index is 2.18. The number of unbranched alkanes of at least 4 members (excludes halogenated alkanes) is 1. The van der Waals surface area contributed by atoms with E-state index < -0.39 is 0 Å². The van der Waals surface area contributed by atoms with Crippen LogP contribution in [-0.4, -0.2) is 0 Å². The van der Waals surface area contributed by atoms with Crippen molar-refractivity contribution in [1.82, 2.24) is 0 Å². The van der Waals surface area contributed by atoms with Crippen LogP contribution >= 0.6 is 0 Å². The first-order valence-electron chi connectivity index (χ1n) is 1.91. The van der Waals surface area contributed by atoms with Crippen molar-refractivity contribution in [1.29, 1.82) is 0 Å². The fourth-order valence-electron chi connectivity index (χ4n) is 0. The van der Waals surface area contributed by atoms with Crippen LogP contribution in [0, 0.1) is 0 Å². The third kappa shape index (κ3) is 288. The van der Waals surface area contributed by atoms with Crippen LogP contribution in [0.4, 0.5) is 0 Å². The lowest BCUT2D eigenvalue weighted by molar-refractivity contribution is 0.886. The molecule has 0 aromatic carbocycles. The molecule has 0 radical (unpaired) electrons. The van der Waals surface area contributed by atoms with E-state index in [2.05, 4.69) is 13.8 Å². The van der Waals surface area contributed by atoms with Crippen molar-refractivity contribution in [3.05, 3.63) is 0 Å². The first kappa shape index (κ1) is 64.0. The van der Waals surface area contributed by atoms with Crippen LogP contribution in [0.3, 0.4) is 0 Å². The van der Waals surface area contributed by atoms with Crippen molar-refractivity contribution >= 4 is 0 Å². The van der Waals surface area contributed by atoms with E-state index in [1.54, 1.807) is 0 Å². The van der Waals surface area contributed by atoms with Gasteiger partial charge in [0.05, 0.1) is 0 Å². The van der Waals surface area contributed by atoms with E-state index in [1.165, 1.54) is 12.8 Å². The van der Waals surface area contributed by atoms with Gasteiger partial charge in [-0.25, -0.2) is 0 Å². The highest BCUT2D eigenvalue weighted by Gasteiger charge is 1.56. The molecule has 0 saturated carbocycles. The second-order valence-corrected chi connectivity index (χ2v) is 1.000. The minimum Gasteiger partial charge on any atom is -0.0776 e. The third-order valence-corrected chi connectivity index (χ3v) is 0.500. The molecule has 9 heavy (non-hydrogen) atoms. The van der Waals surface area contributed by atoms with Crippen molar-refractivity contribution in [2.75, 3.05) is 0 Å². The van der Waals surface area contributed by atoms with E-state index in [-0.39, 0.29) is 37.1 Å². The van der Waals surface area contributed by atoms with Crippen LogP contribution in [0.1, 0.15) is 63.8 Å². The lowest BCUT2D eigenvalue weighted by Crippen LogP contribution is -1.47. The van der Waals surface area contributed by atoms with Crippen molar-refractivity contribution in [3.63, 3.8) is 0 Å². The number of hydrogen-bond donors (Lipinski definition) is 0. The van der Waals surface area contributed by atoms with Gasteiger partial charge in [-0.15, -0.1) is 0 Å². The predicted molar refractivity (Wildman–Crippen MR) is 54.2 cm³/mol. The van der Waals surface area contributed by atoms with Crippen LogP contribution in [-0.2, 0) is 0 Å². The summed E-state index contributed by atoms with van der Waals surface area (Å²) in [5.74, 6) is 0. The minimum atomic E-state index is 0. The van der Waals surface area contributed by atoms with Gasteiger partial charge in [-0.1, -0.05) is 63.8 Å². The second-order valence-electron chi connectivity index (χ2n) is 1.000. The topological polar surface area (TPSA) is 0 Å². The van der Waals surface area contributed by atoms with Crippen LogP contribution in [0.2, 0.25) is 0 Å². The highest BCUT2D eigenvalue weighted by Crippen LogP contribution is 1.76. The molecule has 0 aliphatic heterocycles. The van der Waals surface area contributed by atoms with E-state index >= 15 is 0 Å². The maximum atomic E-state index is 2.18. The standard InChI is InChI=1S/C4H10.5CH4/c1-3-4-2;;;;;/h3-4H2,1-2H3;5*1H4. The molecule has 0 spiro atoms. The summed E-state index contributed by atoms with van der Waals surface area (Å²) in [6.45, 7) is 4.36. The molecule has 0 nitrogen and oxygen atoms in total. The Morgan fingerprint density at radius 1 is 0.556 bits per heavy atom. The molecule has 0 bridgehead atoms. The Morgan fingerprint density at radius 3 is 0.667 bits per heavy atom. The summed E-state index contributed by atoms with van der Waals surface area (Å²) in [5.41, 5.74) is 0. The Labute approximate surface area is 64.7 Å². The monoisotopic (exact) mass is 138 g/mol. The van der Waals surface area contributed by atoms with Gasteiger partial charge in [0.15, 0.2) is 0 Å². The van der Waals surface area contributed by atoms with Gasteiger partial charge in [0.2, 0.25) is 0 Å². The van der Waals surface area contributed by atoms with Gasteiger partial charge >= 0.3 is 0 Å². The number of rotatable bonds is 1. The van der Waals surface area contributed by atoms with Crippen molar-refractivity contribution < 1.29 is 0 Å². The largest absolute Gasteiger partial charge is 0.0776 e. The van der Waals surface area contributed by atoms with Crippen LogP contribution in [0.25, 0.3) is 0 Å². The first-order chi connectivity index (χ1) is 1.91. The van der Waals surface area contributed by atoms with Gasteiger partial charge < -0.3 is 0 Å². The van der Waals surface area contributed by atoms with E-state index in [1.807, 2.05) is 0 Å². The molecule has 0 aliphatic rings. The maximum Gasteiger partial charge on any atom is -0.0564 e.